The van der Waals surface area contributed by atoms with Gasteiger partial charge in [0, 0.05) is 18.8 Å². The summed E-state index contributed by atoms with van der Waals surface area (Å²) in [6.45, 7) is 0.719. The number of amides is 2. The minimum atomic E-state index is -0.673. The van der Waals surface area contributed by atoms with Crippen molar-refractivity contribution in [3.05, 3.63) is 76.7 Å². The van der Waals surface area contributed by atoms with Crippen LogP contribution < -0.4 is 15.8 Å². The van der Waals surface area contributed by atoms with E-state index in [0.717, 1.165) is 24.9 Å². The zero-order valence-corrected chi connectivity index (χ0v) is 19.3. The van der Waals surface area contributed by atoms with Gasteiger partial charge in [-0.3, -0.25) is 14.9 Å². The number of benzene rings is 2. The van der Waals surface area contributed by atoms with Crippen molar-refractivity contribution in [2.45, 2.75) is 25.8 Å². The molecule has 0 radical (unpaired) electrons. The summed E-state index contributed by atoms with van der Waals surface area (Å²) in [5.41, 5.74) is 7.41. The Morgan fingerprint density at radius 3 is 2.77 bits per heavy atom. The molecule has 1 saturated carbocycles. The van der Waals surface area contributed by atoms with Gasteiger partial charge in [-0.05, 0) is 60.7 Å². The molecule has 3 N–H and O–H groups in total. The molecular formula is C25H21ClFN5O3. The number of hydrogen-bond acceptors (Lipinski definition) is 5. The Kier molecular flexibility index (Phi) is 6.08. The van der Waals surface area contributed by atoms with Crippen LogP contribution in [0, 0.1) is 11.7 Å². The number of ether oxygens (including phenoxy) is 1. The van der Waals surface area contributed by atoms with Gasteiger partial charge < -0.3 is 15.0 Å². The average molecular weight is 494 g/mol. The van der Waals surface area contributed by atoms with E-state index in [2.05, 4.69) is 15.3 Å². The molecule has 35 heavy (non-hydrogen) atoms. The Bertz CT molecular complexity index is 1450. The lowest BCUT2D eigenvalue weighted by Crippen LogP contribution is -2.18. The number of carbonyl (C=O) groups is 2. The number of nitrogens with zero attached hydrogens (tertiary/aromatic N) is 3. The zero-order chi connectivity index (χ0) is 24.5. The molecule has 0 saturated heterocycles. The van der Waals surface area contributed by atoms with Crippen LogP contribution in [-0.4, -0.2) is 26.3 Å². The predicted octanol–water partition coefficient (Wildman–Crippen LogP) is 4.71. The first-order valence-corrected chi connectivity index (χ1v) is 11.4. The highest BCUT2D eigenvalue weighted by molar-refractivity contribution is 6.32. The fourth-order valence-electron chi connectivity index (χ4n) is 3.80. The number of primary amides is 1. The molecule has 1 fully saturated rings. The molecule has 0 atom stereocenters. The number of hydrogen-bond donors (Lipinski definition) is 2. The predicted molar refractivity (Wildman–Crippen MR) is 129 cm³/mol. The van der Waals surface area contributed by atoms with Crippen LogP contribution in [0.15, 0.2) is 54.7 Å². The highest BCUT2D eigenvalue weighted by Crippen LogP contribution is 2.34. The number of carbonyl (C=O) groups excluding carboxylic acids is 2. The second-order valence-electron chi connectivity index (χ2n) is 8.43. The number of fused-ring (bicyclic) bond motifs is 1. The van der Waals surface area contributed by atoms with Gasteiger partial charge in [0.15, 0.2) is 0 Å². The van der Waals surface area contributed by atoms with Gasteiger partial charge in [0.25, 0.3) is 5.91 Å². The SMILES string of the molecule is NC(=O)c1cccnc1Oc1ccc(CC(=O)Nc2nc3cc(F)ccc3n2CC2CC2)cc1Cl. The van der Waals surface area contributed by atoms with Crippen molar-refractivity contribution in [3.8, 4) is 11.6 Å². The third-order valence-electron chi connectivity index (χ3n) is 5.70. The molecule has 0 bridgehead atoms. The van der Waals surface area contributed by atoms with Crippen molar-refractivity contribution in [1.82, 2.24) is 14.5 Å². The lowest BCUT2D eigenvalue weighted by Gasteiger charge is -2.11. The van der Waals surface area contributed by atoms with E-state index in [1.807, 2.05) is 4.57 Å². The lowest BCUT2D eigenvalue weighted by molar-refractivity contribution is -0.115. The van der Waals surface area contributed by atoms with Gasteiger partial charge in [0.2, 0.25) is 17.7 Å². The van der Waals surface area contributed by atoms with E-state index in [9.17, 15) is 14.0 Å². The fourth-order valence-corrected chi connectivity index (χ4v) is 4.04. The van der Waals surface area contributed by atoms with E-state index in [4.69, 9.17) is 22.1 Å². The summed E-state index contributed by atoms with van der Waals surface area (Å²) in [5, 5.41) is 3.09. The van der Waals surface area contributed by atoms with Gasteiger partial charge in [-0.25, -0.2) is 14.4 Å². The molecule has 4 aromatic rings. The lowest BCUT2D eigenvalue weighted by atomic mass is 10.1. The fraction of sp³-hybridized carbons (Fsp3) is 0.200. The van der Waals surface area contributed by atoms with Gasteiger partial charge in [0.1, 0.15) is 17.1 Å². The average Bonchev–Trinajstić information content (AvgIpc) is 3.58. The zero-order valence-electron chi connectivity index (χ0n) is 18.5. The van der Waals surface area contributed by atoms with E-state index < -0.39 is 5.91 Å². The van der Waals surface area contributed by atoms with Crippen LogP contribution in [0.1, 0.15) is 28.8 Å². The number of imidazole rings is 1. The van der Waals surface area contributed by atoms with Crippen LogP contribution in [0.4, 0.5) is 10.3 Å². The highest BCUT2D eigenvalue weighted by Gasteiger charge is 2.25. The van der Waals surface area contributed by atoms with Crippen molar-refractivity contribution < 1.29 is 18.7 Å². The first-order chi connectivity index (χ1) is 16.9. The van der Waals surface area contributed by atoms with E-state index in [1.165, 1.54) is 24.4 Å². The molecule has 2 heterocycles. The largest absolute Gasteiger partial charge is 0.437 e. The van der Waals surface area contributed by atoms with Gasteiger partial charge in [-0.2, -0.15) is 0 Å². The Morgan fingerprint density at radius 1 is 1.20 bits per heavy atom. The normalized spacial score (nSPS) is 13.1. The van der Waals surface area contributed by atoms with Crippen molar-refractivity contribution >= 4 is 40.4 Å². The van der Waals surface area contributed by atoms with Gasteiger partial charge in [-0.1, -0.05) is 17.7 Å². The molecule has 178 valence electrons. The Morgan fingerprint density at radius 2 is 2.03 bits per heavy atom. The van der Waals surface area contributed by atoms with Crippen LogP contribution in [0.2, 0.25) is 5.02 Å². The van der Waals surface area contributed by atoms with Crippen LogP contribution >= 0.6 is 11.6 Å². The summed E-state index contributed by atoms with van der Waals surface area (Å²) in [6, 6.07) is 12.4. The molecule has 5 rings (SSSR count). The second-order valence-corrected chi connectivity index (χ2v) is 8.84. The standard InChI is InChI=1S/C25H21ClFN5O3/c26-18-10-15(5-8-21(18)35-24-17(23(28)34)2-1-9-29-24)11-22(33)31-25-30-19-12-16(27)6-7-20(19)32(25)13-14-3-4-14/h1-2,5-10,12,14H,3-4,11,13H2,(H2,28,34)(H,30,31,33). The summed E-state index contributed by atoms with van der Waals surface area (Å²) in [6.07, 6.45) is 3.76. The summed E-state index contributed by atoms with van der Waals surface area (Å²) < 4.78 is 21.3. The number of halogens is 2. The van der Waals surface area contributed by atoms with Crippen molar-refractivity contribution in [1.29, 1.82) is 0 Å². The monoisotopic (exact) mass is 493 g/mol. The van der Waals surface area contributed by atoms with Crippen molar-refractivity contribution in [2.24, 2.45) is 11.7 Å². The van der Waals surface area contributed by atoms with E-state index in [1.54, 1.807) is 30.3 Å². The van der Waals surface area contributed by atoms with Crippen molar-refractivity contribution in [3.63, 3.8) is 0 Å². The summed E-state index contributed by atoms with van der Waals surface area (Å²) in [5.74, 6) is -0.103. The number of anilines is 1. The Labute approximate surface area is 204 Å². The second kappa shape index (κ2) is 9.34. The Hall–Kier alpha value is -3.98. The molecule has 0 spiro atoms. The topological polar surface area (TPSA) is 112 Å². The molecule has 0 unspecified atom stereocenters. The summed E-state index contributed by atoms with van der Waals surface area (Å²) in [7, 11) is 0. The molecule has 2 amide bonds. The van der Waals surface area contributed by atoms with Crippen LogP contribution in [0.5, 0.6) is 11.6 Å². The number of pyridine rings is 1. The number of rotatable bonds is 8. The van der Waals surface area contributed by atoms with E-state index >= 15 is 0 Å². The number of aromatic nitrogens is 3. The van der Waals surface area contributed by atoms with Crippen LogP contribution in [0.25, 0.3) is 11.0 Å². The van der Waals surface area contributed by atoms with Crippen molar-refractivity contribution in [2.75, 3.05) is 5.32 Å². The highest BCUT2D eigenvalue weighted by atomic mass is 35.5. The van der Waals surface area contributed by atoms with Crippen LogP contribution in [-0.2, 0) is 17.8 Å². The maximum Gasteiger partial charge on any atom is 0.254 e. The molecule has 1 aliphatic rings. The maximum atomic E-state index is 13.7. The number of nitrogens with one attached hydrogen (secondary N) is 1. The molecule has 10 heteroatoms. The smallest absolute Gasteiger partial charge is 0.254 e. The van der Waals surface area contributed by atoms with Gasteiger partial charge in [-0.15, -0.1) is 0 Å². The van der Waals surface area contributed by atoms with Crippen LogP contribution in [0.3, 0.4) is 0 Å². The molecule has 2 aromatic heterocycles. The van der Waals surface area contributed by atoms with Gasteiger partial charge >= 0.3 is 0 Å². The van der Waals surface area contributed by atoms with E-state index in [0.29, 0.717) is 22.9 Å². The minimum absolute atomic E-state index is 0.0388. The third kappa shape index (κ3) is 5.09. The first-order valence-electron chi connectivity index (χ1n) is 11.0. The quantitative estimate of drug-likeness (QED) is 0.369. The summed E-state index contributed by atoms with van der Waals surface area (Å²) in [4.78, 5) is 32.9. The molecule has 2 aromatic carbocycles. The van der Waals surface area contributed by atoms with Gasteiger partial charge in [0.05, 0.1) is 22.5 Å². The summed E-state index contributed by atoms with van der Waals surface area (Å²) >= 11 is 6.36. The minimum Gasteiger partial charge on any atom is -0.437 e. The number of nitrogens with two attached hydrogens (primary N) is 1. The van der Waals surface area contributed by atoms with E-state index in [-0.39, 0.29) is 40.4 Å². The third-order valence-corrected chi connectivity index (χ3v) is 6.00. The molecule has 8 nitrogen and oxygen atoms in total. The first kappa shape index (κ1) is 22.8. The molecule has 1 aliphatic carbocycles. The Balaban J connectivity index is 1.31. The maximum absolute atomic E-state index is 13.7. The molecule has 0 aliphatic heterocycles. The molecular weight excluding hydrogens is 473 g/mol.